The van der Waals surface area contributed by atoms with Gasteiger partial charge in [0.2, 0.25) is 0 Å². The Balaban J connectivity index is 1.75. The average Bonchev–Trinajstić information content (AvgIpc) is 2.73. The van der Waals surface area contributed by atoms with Crippen molar-refractivity contribution in [3.63, 3.8) is 0 Å². The minimum Gasteiger partial charge on any atom is -0.284 e. The average molecular weight is 432 g/mol. The summed E-state index contributed by atoms with van der Waals surface area (Å²) < 4.78 is 0. The highest BCUT2D eigenvalue weighted by atomic mass is 32.2. The molecule has 0 N–H and O–H groups in total. The minimum absolute atomic E-state index is 0.0181. The quantitative estimate of drug-likeness (QED) is 0.420. The van der Waals surface area contributed by atoms with Crippen molar-refractivity contribution in [1.82, 2.24) is 4.90 Å². The molecule has 160 valence electrons. The van der Waals surface area contributed by atoms with Gasteiger partial charge in [-0.3, -0.25) is 14.8 Å². The van der Waals surface area contributed by atoms with Gasteiger partial charge in [-0.25, -0.2) is 4.79 Å². The van der Waals surface area contributed by atoms with Gasteiger partial charge in [-0.1, -0.05) is 66.1 Å². The van der Waals surface area contributed by atoms with Crippen LogP contribution in [0.5, 0.6) is 0 Å². The molecule has 1 saturated heterocycles. The van der Waals surface area contributed by atoms with Gasteiger partial charge in [-0.15, -0.1) is 0 Å². The first-order chi connectivity index (χ1) is 14.7. The number of hydrogen-bond acceptors (Lipinski definition) is 3. The minimum atomic E-state index is -0.0699. The van der Waals surface area contributed by atoms with E-state index in [2.05, 4.69) is 39.2 Å². The first-order valence-corrected chi connectivity index (χ1v) is 11.3. The fraction of sp³-hybridized carbons (Fsp3) is 0.308. The number of amidine groups is 1. The van der Waals surface area contributed by atoms with Crippen LogP contribution in [0.3, 0.4) is 0 Å². The van der Waals surface area contributed by atoms with Crippen molar-refractivity contribution in [1.29, 1.82) is 0 Å². The number of amides is 2. The lowest BCUT2D eigenvalue weighted by Gasteiger charge is -2.36. The van der Waals surface area contributed by atoms with Crippen LogP contribution in [0.1, 0.15) is 38.8 Å². The predicted octanol–water partition coefficient (Wildman–Crippen LogP) is 6.15. The topological polar surface area (TPSA) is 35.9 Å². The zero-order valence-electron chi connectivity index (χ0n) is 18.7. The molecule has 0 aromatic heterocycles. The largest absolute Gasteiger partial charge is 0.331 e. The van der Waals surface area contributed by atoms with Gasteiger partial charge in [0, 0.05) is 16.7 Å². The Morgan fingerprint density at radius 3 is 2.42 bits per heavy atom. The normalized spacial score (nSPS) is 15.6. The van der Waals surface area contributed by atoms with Gasteiger partial charge in [0.05, 0.1) is 19.0 Å². The Morgan fingerprint density at radius 2 is 1.81 bits per heavy atom. The lowest BCUT2D eigenvalue weighted by atomic mass is 9.97. The highest BCUT2D eigenvalue weighted by Gasteiger charge is 2.31. The molecule has 0 unspecified atom stereocenters. The summed E-state index contributed by atoms with van der Waals surface area (Å²) in [5, 5.41) is 0.733. The first-order valence-electron chi connectivity index (χ1n) is 10.3. The number of aliphatic imine (C=N–C) groups is 1. The summed E-state index contributed by atoms with van der Waals surface area (Å²) in [6.45, 7) is 13.2. The maximum absolute atomic E-state index is 13.2. The Morgan fingerprint density at radius 1 is 1.13 bits per heavy atom. The van der Waals surface area contributed by atoms with Crippen molar-refractivity contribution >= 4 is 28.6 Å². The molecule has 0 spiro atoms. The van der Waals surface area contributed by atoms with E-state index in [1.807, 2.05) is 61.5 Å². The lowest BCUT2D eigenvalue weighted by Crippen LogP contribution is -2.50. The van der Waals surface area contributed by atoms with Crippen LogP contribution in [-0.2, 0) is 6.54 Å². The molecule has 1 aliphatic heterocycles. The number of carbonyl (C=O) groups excluding carboxylic acids is 1. The van der Waals surface area contributed by atoms with E-state index in [-0.39, 0.29) is 11.4 Å². The summed E-state index contributed by atoms with van der Waals surface area (Å²) in [5.74, 6) is 7.00. The van der Waals surface area contributed by atoms with Gasteiger partial charge < -0.3 is 0 Å². The van der Waals surface area contributed by atoms with Crippen LogP contribution >= 0.6 is 11.8 Å². The van der Waals surface area contributed by atoms with E-state index < -0.39 is 0 Å². The van der Waals surface area contributed by atoms with E-state index >= 15 is 0 Å². The maximum Gasteiger partial charge on any atom is 0.331 e. The molecule has 1 fully saturated rings. The molecule has 1 aliphatic rings. The highest BCUT2D eigenvalue weighted by molar-refractivity contribution is 8.14. The molecule has 2 aromatic rings. The molecular weight excluding hydrogens is 402 g/mol. The van der Waals surface area contributed by atoms with E-state index in [1.165, 1.54) is 0 Å². The third-order valence-electron chi connectivity index (χ3n) is 4.44. The lowest BCUT2D eigenvalue weighted by molar-refractivity contribution is 0.230. The number of urea groups is 1. The van der Waals surface area contributed by atoms with Crippen molar-refractivity contribution in [3.8, 4) is 11.8 Å². The Hall–Kier alpha value is -2.97. The van der Waals surface area contributed by atoms with Crippen LogP contribution in [0.15, 0.2) is 71.7 Å². The van der Waals surface area contributed by atoms with Gasteiger partial charge in [0.25, 0.3) is 0 Å². The number of thioether (sulfide) groups is 1. The van der Waals surface area contributed by atoms with Gasteiger partial charge in [-0.2, -0.15) is 0 Å². The van der Waals surface area contributed by atoms with E-state index in [4.69, 9.17) is 4.99 Å². The Bertz CT molecular complexity index is 1020. The molecule has 4 nitrogen and oxygen atoms in total. The number of para-hydroxylation sites is 1. The van der Waals surface area contributed by atoms with Crippen LogP contribution < -0.4 is 4.90 Å². The zero-order chi connectivity index (χ0) is 22.4. The smallest absolute Gasteiger partial charge is 0.284 e. The highest BCUT2D eigenvalue weighted by Crippen LogP contribution is 2.27. The second-order valence-electron chi connectivity index (χ2n) is 8.66. The van der Waals surface area contributed by atoms with Gasteiger partial charge >= 0.3 is 6.03 Å². The molecule has 5 heteroatoms. The second-order valence-corrected chi connectivity index (χ2v) is 9.57. The van der Waals surface area contributed by atoms with Crippen LogP contribution in [0, 0.1) is 17.3 Å². The predicted molar refractivity (Wildman–Crippen MR) is 132 cm³/mol. The van der Waals surface area contributed by atoms with Crippen molar-refractivity contribution in [2.24, 2.45) is 10.4 Å². The molecule has 0 saturated carbocycles. The van der Waals surface area contributed by atoms with Crippen molar-refractivity contribution < 1.29 is 4.79 Å². The summed E-state index contributed by atoms with van der Waals surface area (Å²) in [4.78, 5) is 21.4. The third kappa shape index (κ3) is 6.50. The summed E-state index contributed by atoms with van der Waals surface area (Å²) >= 11 is 1.57. The van der Waals surface area contributed by atoms with Crippen molar-refractivity contribution in [3.05, 3.63) is 77.9 Å². The Kier molecular flexibility index (Phi) is 7.25. The monoisotopic (exact) mass is 431 g/mol. The molecule has 2 aromatic carbocycles. The maximum atomic E-state index is 13.2. The number of anilines is 1. The molecule has 0 radical (unpaired) electrons. The van der Waals surface area contributed by atoms with Crippen molar-refractivity contribution in [2.45, 2.75) is 34.2 Å². The summed E-state index contributed by atoms with van der Waals surface area (Å²) in [6, 6.07) is 17.8. The van der Waals surface area contributed by atoms with Gasteiger partial charge in [0.1, 0.15) is 0 Å². The number of benzene rings is 2. The summed E-state index contributed by atoms with van der Waals surface area (Å²) in [6.07, 6.45) is 0. The van der Waals surface area contributed by atoms with E-state index in [9.17, 15) is 4.79 Å². The zero-order valence-corrected chi connectivity index (χ0v) is 19.5. The van der Waals surface area contributed by atoms with E-state index in [0.717, 1.165) is 27.6 Å². The summed E-state index contributed by atoms with van der Waals surface area (Å²) in [7, 11) is 0. The second kappa shape index (κ2) is 9.89. The molecule has 3 rings (SSSR count). The molecule has 2 amide bonds. The molecule has 31 heavy (non-hydrogen) atoms. The first kappa shape index (κ1) is 22.7. The molecule has 0 bridgehead atoms. The van der Waals surface area contributed by atoms with E-state index in [0.29, 0.717) is 19.0 Å². The summed E-state index contributed by atoms with van der Waals surface area (Å²) in [5.41, 5.74) is 3.87. The van der Waals surface area contributed by atoms with Gasteiger partial charge in [-0.05, 0) is 57.5 Å². The molecule has 0 atom stereocenters. The SMILES string of the molecule is C=C(C)CN1C(=O)N(c2ccccc2)CSC1=NCc1ccc(C#CC(C)(C)C)cc1. The number of hydrogen-bond donors (Lipinski definition) is 0. The van der Waals surface area contributed by atoms with Gasteiger partial charge in [0.15, 0.2) is 5.17 Å². The number of carbonyl (C=O) groups is 1. The Labute approximate surface area is 190 Å². The van der Waals surface area contributed by atoms with Crippen LogP contribution in [0.4, 0.5) is 10.5 Å². The molecule has 0 aliphatic carbocycles. The van der Waals surface area contributed by atoms with Crippen molar-refractivity contribution in [2.75, 3.05) is 17.3 Å². The fourth-order valence-corrected chi connectivity index (χ4v) is 3.88. The van der Waals surface area contributed by atoms with E-state index in [1.54, 1.807) is 21.6 Å². The van der Waals surface area contributed by atoms with Crippen LogP contribution in [0.2, 0.25) is 0 Å². The fourth-order valence-electron chi connectivity index (χ4n) is 2.92. The van der Waals surface area contributed by atoms with Crippen LogP contribution in [0.25, 0.3) is 0 Å². The third-order valence-corrected chi connectivity index (χ3v) is 5.44. The number of nitrogens with zero attached hydrogens (tertiary/aromatic N) is 3. The number of rotatable bonds is 5. The molecular formula is C26H29N3OS. The van der Waals surface area contributed by atoms with Crippen LogP contribution in [-0.4, -0.2) is 28.5 Å². The molecule has 1 heterocycles. The standard InChI is InChI=1S/C26H29N3OS/c1-20(2)18-28-24(31-19-29(25(28)30)23-9-7-6-8-10-23)27-17-22-13-11-21(12-14-22)15-16-26(3,4)5/h6-14H,1,17-19H2,2-5H3.